The molecule has 0 bridgehead atoms. The smallest absolute Gasteiger partial charge is 0.155 e. The van der Waals surface area contributed by atoms with Gasteiger partial charge in [0.05, 0.1) is 0 Å². The van der Waals surface area contributed by atoms with Crippen molar-refractivity contribution in [3.63, 3.8) is 0 Å². The van der Waals surface area contributed by atoms with E-state index in [0.29, 0.717) is 41.7 Å². The van der Waals surface area contributed by atoms with E-state index in [4.69, 9.17) is 0 Å². The number of carbonyl (C=O) groups excluding carboxylic acids is 2. The zero-order valence-electron chi connectivity index (χ0n) is 14.4. The average molecular weight is 312 g/mol. The molecule has 4 rings (SSSR count). The molecule has 0 amide bonds. The Bertz CT molecular complexity index is 615. The topological polar surface area (TPSA) is 34.1 Å². The van der Waals surface area contributed by atoms with Crippen molar-refractivity contribution < 1.29 is 9.59 Å². The Balaban J connectivity index is 1.77. The molecule has 3 fully saturated rings. The quantitative estimate of drug-likeness (QED) is 0.668. The van der Waals surface area contributed by atoms with Crippen molar-refractivity contribution >= 4 is 11.6 Å². The van der Waals surface area contributed by atoms with Crippen molar-refractivity contribution in [2.75, 3.05) is 0 Å². The van der Waals surface area contributed by atoms with E-state index in [1.54, 1.807) is 0 Å². The number of fused-ring (bicyclic) bond motifs is 5. The maximum atomic E-state index is 12.5. The molecule has 3 saturated carbocycles. The van der Waals surface area contributed by atoms with E-state index in [0.717, 1.165) is 38.5 Å². The van der Waals surface area contributed by atoms with Gasteiger partial charge >= 0.3 is 0 Å². The van der Waals surface area contributed by atoms with Gasteiger partial charge in [0.25, 0.3) is 0 Å². The number of allylic oxidation sites excluding steroid dienone is 2. The van der Waals surface area contributed by atoms with Crippen molar-refractivity contribution in [1.82, 2.24) is 0 Å². The molecule has 23 heavy (non-hydrogen) atoms. The second-order valence-electron chi connectivity index (χ2n) is 8.86. The van der Waals surface area contributed by atoms with Crippen LogP contribution < -0.4 is 0 Å². The highest BCUT2D eigenvalue weighted by atomic mass is 16.1. The molecule has 0 N–H and O–H groups in total. The zero-order chi connectivity index (χ0) is 16.4. The SMILES string of the molecule is C=C[C@@H]1CC2C3CCC(=O)C3(C)CCC2C2(C)CCC(=O)C=C12. The van der Waals surface area contributed by atoms with Crippen LogP contribution in [0.3, 0.4) is 0 Å². The van der Waals surface area contributed by atoms with E-state index in [9.17, 15) is 9.59 Å². The van der Waals surface area contributed by atoms with Crippen LogP contribution in [0, 0.1) is 34.5 Å². The second-order valence-corrected chi connectivity index (χ2v) is 8.86. The van der Waals surface area contributed by atoms with E-state index in [1.807, 2.05) is 6.08 Å². The lowest BCUT2D eigenvalue weighted by molar-refractivity contribution is -0.133. The van der Waals surface area contributed by atoms with Gasteiger partial charge < -0.3 is 0 Å². The van der Waals surface area contributed by atoms with Crippen LogP contribution >= 0.6 is 0 Å². The van der Waals surface area contributed by atoms with Gasteiger partial charge in [-0.05, 0) is 67.3 Å². The number of Topliss-reactive ketones (excluding diaryl/α,β-unsaturated/α-hetero) is 1. The van der Waals surface area contributed by atoms with Crippen LogP contribution in [0.4, 0.5) is 0 Å². The van der Waals surface area contributed by atoms with Crippen molar-refractivity contribution in [1.29, 1.82) is 0 Å². The first kappa shape index (κ1) is 15.4. The van der Waals surface area contributed by atoms with E-state index in [-0.39, 0.29) is 10.8 Å². The molecule has 2 nitrogen and oxygen atoms in total. The molecule has 2 heteroatoms. The molecular weight excluding hydrogens is 284 g/mol. The van der Waals surface area contributed by atoms with Crippen LogP contribution in [-0.4, -0.2) is 11.6 Å². The van der Waals surface area contributed by atoms with Crippen LogP contribution in [-0.2, 0) is 9.59 Å². The molecule has 0 aromatic rings. The molecule has 5 unspecified atom stereocenters. The van der Waals surface area contributed by atoms with E-state index in [2.05, 4.69) is 26.5 Å². The average Bonchev–Trinajstić information content (AvgIpc) is 2.83. The lowest BCUT2D eigenvalue weighted by atomic mass is 9.45. The first-order valence-electron chi connectivity index (χ1n) is 9.31. The van der Waals surface area contributed by atoms with Crippen molar-refractivity contribution in [3.8, 4) is 0 Å². The van der Waals surface area contributed by atoms with Gasteiger partial charge in [0.2, 0.25) is 0 Å². The van der Waals surface area contributed by atoms with Crippen LogP contribution in [0.25, 0.3) is 0 Å². The molecule has 4 aliphatic carbocycles. The van der Waals surface area contributed by atoms with Crippen LogP contribution in [0.1, 0.15) is 58.8 Å². The summed E-state index contributed by atoms with van der Waals surface area (Å²) < 4.78 is 0. The predicted molar refractivity (Wildman–Crippen MR) is 90.8 cm³/mol. The summed E-state index contributed by atoms with van der Waals surface area (Å²) in [7, 11) is 0. The first-order valence-corrected chi connectivity index (χ1v) is 9.31. The summed E-state index contributed by atoms with van der Waals surface area (Å²) in [6.45, 7) is 8.68. The third kappa shape index (κ3) is 1.93. The minimum Gasteiger partial charge on any atom is -0.299 e. The molecule has 0 aliphatic heterocycles. The fourth-order valence-electron chi connectivity index (χ4n) is 6.69. The molecule has 124 valence electrons. The van der Waals surface area contributed by atoms with Crippen molar-refractivity contribution in [2.45, 2.75) is 58.8 Å². The third-order valence-electron chi connectivity index (χ3n) is 8.04. The predicted octanol–water partition coefficient (Wildman–Crippen LogP) is 4.50. The summed E-state index contributed by atoms with van der Waals surface area (Å²) in [5.41, 5.74) is 1.41. The third-order valence-corrected chi connectivity index (χ3v) is 8.04. The maximum Gasteiger partial charge on any atom is 0.155 e. The standard InChI is InChI=1S/C21H28O2/c1-4-13-11-15-16-5-6-19(23)21(16,3)10-8-17(15)20(2)9-7-14(22)12-18(13)20/h4,12-13,15-17H,1,5-11H2,2-3H3/t13-,15?,16?,17?,20?,21?/m1/s1. The van der Waals surface area contributed by atoms with E-state index < -0.39 is 0 Å². The van der Waals surface area contributed by atoms with Gasteiger partial charge in [-0.15, -0.1) is 6.58 Å². The molecule has 0 aromatic carbocycles. The van der Waals surface area contributed by atoms with E-state index >= 15 is 0 Å². The molecule has 0 aromatic heterocycles. The highest BCUT2D eigenvalue weighted by Gasteiger charge is 2.60. The summed E-state index contributed by atoms with van der Waals surface area (Å²) in [5.74, 6) is 2.93. The Morgan fingerprint density at radius 2 is 1.83 bits per heavy atom. The lowest BCUT2D eigenvalue weighted by Gasteiger charge is -2.58. The Hall–Kier alpha value is -1.18. The van der Waals surface area contributed by atoms with Crippen molar-refractivity contribution in [3.05, 3.63) is 24.3 Å². The van der Waals surface area contributed by atoms with Gasteiger partial charge in [-0.1, -0.05) is 25.5 Å². The number of ketones is 2. The molecule has 0 heterocycles. The fraction of sp³-hybridized carbons (Fsp3) is 0.714. The van der Waals surface area contributed by atoms with Crippen LogP contribution in [0.15, 0.2) is 24.3 Å². The molecule has 0 spiro atoms. The normalized spacial score (nSPS) is 49.0. The highest BCUT2D eigenvalue weighted by molar-refractivity contribution is 5.92. The Morgan fingerprint density at radius 3 is 2.57 bits per heavy atom. The summed E-state index contributed by atoms with van der Waals surface area (Å²) >= 11 is 0. The maximum absolute atomic E-state index is 12.5. The summed E-state index contributed by atoms with van der Waals surface area (Å²) in [6.07, 6.45) is 10.8. The van der Waals surface area contributed by atoms with Gasteiger partial charge in [0, 0.05) is 18.3 Å². The number of carbonyl (C=O) groups is 2. The van der Waals surface area contributed by atoms with Crippen LogP contribution in [0.5, 0.6) is 0 Å². The van der Waals surface area contributed by atoms with Gasteiger partial charge in [-0.25, -0.2) is 0 Å². The van der Waals surface area contributed by atoms with Gasteiger partial charge in [-0.2, -0.15) is 0 Å². The fourth-order valence-corrected chi connectivity index (χ4v) is 6.69. The second kappa shape index (κ2) is 4.91. The Kier molecular flexibility index (Phi) is 3.28. The van der Waals surface area contributed by atoms with Crippen molar-refractivity contribution in [2.24, 2.45) is 34.5 Å². The summed E-state index contributed by atoms with van der Waals surface area (Å²) in [5, 5.41) is 0. The molecule has 0 saturated heterocycles. The number of hydrogen-bond donors (Lipinski definition) is 0. The molecular formula is C21H28O2. The largest absolute Gasteiger partial charge is 0.299 e. The minimum absolute atomic E-state index is 0.0745. The first-order chi connectivity index (χ1) is 10.9. The van der Waals surface area contributed by atoms with Gasteiger partial charge in [-0.3, -0.25) is 9.59 Å². The number of hydrogen-bond acceptors (Lipinski definition) is 2. The summed E-state index contributed by atoms with van der Waals surface area (Å²) in [4.78, 5) is 24.5. The van der Waals surface area contributed by atoms with Crippen LogP contribution in [0.2, 0.25) is 0 Å². The monoisotopic (exact) mass is 312 g/mol. The van der Waals surface area contributed by atoms with Gasteiger partial charge in [0.1, 0.15) is 5.78 Å². The van der Waals surface area contributed by atoms with Gasteiger partial charge in [0.15, 0.2) is 5.78 Å². The minimum atomic E-state index is -0.0745. The lowest BCUT2D eigenvalue weighted by Crippen LogP contribution is -2.52. The Morgan fingerprint density at radius 1 is 1.09 bits per heavy atom. The number of rotatable bonds is 1. The highest BCUT2D eigenvalue weighted by Crippen LogP contribution is 2.65. The molecule has 4 aliphatic rings. The summed E-state index contributed by atoms with van der Waals surface area (Å²) in [6, 6.07) is 0. The van der Waals surface area contributed by atoms with E-state index in [1.165, 1.54) is 5.57 Å². The molecule has 0 radical (unpaired) electrons. The molecule has 6 atom stereocenters. The zero-order valence-corrected chi connectivity index (χ0v) is 14.4. The Labute approximate surface area is 139 Å².